The average molecular weight is 311 g/mol. The van der Waals surface area contributed by atoms with Crippen molar-refractivity contribution in [3.63, 3.8) is 0 Å². The fourth-order valence-corrected chi connectivity index (χ4v) is 3.31. The molecule has 0 radical (unpaired) electrons. The molecular formula is C16H17N5S. The molecule has 5 nitrogen and oxygen atoms in total. The molecule has 2 aromatic heterocycles. The number of aromatic nitrogens is 4. The highest BCUT2D eigenvalue weighted by molar-refractivity contribution is 7.98. The molecular weight excluding hydrogens is 294 g/mol. The average Bonchev–Trinajstić information content (AvgIpc) is 2.97. The van der Waals surface area contributed by atoms with Crippen LogP contribution in [0.5, 0.6) is 0 Å². The van der Waals surface area contributed by atoms with Gasteiger partial charge in [0.25, 0.3) is 0 Å². The van der Waals surface area contributed by atoms with E-state index in [4.69, 9.17) is 0 Å². The predicted molar refractivity (Wildman–Crippen MR) is 87.7 cm³/mol. The van der Waals surface area contributed by atoms with E-state index >= 15 is 0 Å². The Labute approximate surface area is 133 Å². The Morgan fingerprint density at radius 1 is 1.32 bits per heavy atom. The van der Waals surface area contributed by atoms with Crippen LogP contribution in [0.25, 0.3) is 10.9 Å². The van der Waals surface area contributed by atoms with Gasteiger partial charge < -0.3 is 0 Å². The van der Waals surface area contributed by atoms with Crippen LogP contribution in [-0.2, 0) is 19.5 Å². The summed E-state index contributed by atoms with van der Waals surface area (Å²) < 4.78 is 0. The summed E-state index contributed by atoms with van der Waals surface area (Å²) in [4.78, 5) is 11.4. The van der Waals surface area contributed by atoms with Crippen LogP contribution in [0.1, 0.15) is 17.0 Å². The van der Waals surface area contributed by atoms with Gasteiger partial charge in [0.2, 0.25) is 0 Å². The van der Waals surface area contributed by atoms with Gasteiger partial charge in [-0.25, -0.2) is 9.97 Å². The van der Waals surface area contributed by atoms with Gasteiger partial charge in [-0.3, -0.25) is 10.00 Å². The molecule has 0 saturated carbocycles. The number of aromatic amines is 1. The summed E-state index contributed by atoms with van der Waals surface area (Å²) in [5.74, 6) is 0. The zero-order valence-corrected chi connectivity index (χ0v) is 13.2. The minimum absolute atomic E-state index is 0.867. The highest BCUT2D eigenvalue weighted by atomic mass is 32.2. The number of nitrogens with one attached hydrogen (secondary N) is 1. The van der Waals surface area contributed by atoms with Crippen molar-refractivity contribution < 1.29 is 0 Å². The highest BCUT2D eigenvalue weighted by Crippen LogP contribution is 2.22. The minimum Gasteiger partial charge on any atom is -0.293 e. The van der Waals surface area contributed by atoms with E-state index in [-0.39, 0.29) is 0 Å². The van der Waals surface area contributed by atoms with E-state index in [0.717, 1.165) is 36.7 Å². The largest absolute Gasteiger partial charge is 0.293 e. The third-order valence-corrected chi connectivity index (χ3v) is 4.66. The van der Waals surface area contributed by atoms with Crippen LogP contribution in [0.2, 0.25) is 0 Å². The van der Waals surface area contributed by atoms with Crippen LogP contribution in [0.3, 0.4) is 0 Å². The van der Waals surface area contributed by atoms with Gasteiger partial charge in [-0.2, -0.15) is 5.10 Å². The summed E-state index contributed by atoms with van der Waals surface area (Å²) in [5.41, 5.74) is 4.65. The predicted octanol–water partition coefficient (Wildman–Crippen LogP) is 2.63. The molecule has 1 aromatic carbocycles. The van der Waals surface area contributed by atoms with E-state index in [2.05, 4.69) is 37.2 Å². The van der Waals surface area contributed by atoms with Crippen molar-refractivity contribution in [1.82, 2.24) is 25.1 Å². The minimum atomic E-state index is 0.867. The SMILES string of the molecule is CSc1ncc2c(n1)CCN(Cc1[nH]nc3ccccc13)C2. The van der Waals surface area contributed by atoms with Gasteiger partial charge in [0.1, 0.15) is 0 Å². The van der Waals surface area contributed by atoms with Gasteiger partial charge in [0.05, 0.1) is 16.9 Å². The summed E-state index contributed by atoms with van der Waals surface area (Å²) in [7, 11) is 0. The first-order chi connectivity index (χ1) is 10.8. The lowest BCUT2D eigenvalue weighted by Gasteiger charge is -2.27. The molecule has 112 valence electrons. The summed E-state index contributed by atoms with van der Waals surface area (Å²) in [6.07, 6.45) is 4.98. The molecule has 1 aliphatic heterocycles. The fraction of sp³-hybridized carbons (Fsp3) is 0.312. The monoisotopic (exact) mass is 311 g/mol. The van der Waals surface area contributed by atoms with Crippen LogP contribution < -0.4 is 0 Å². The first-order valence-corrected chi connectivity index (χ1v) is 8.59. The summed E-state index contributed by atoms with van der Waals surface area (Å²) in [6.45, 7) is 2.80. The van der Waals surface area contributed by atoms with Crippen molar-refractivity contribution in [2.75, 3.05) is 12.8 Å². The number of nitrogens with zero attached hydrogens (tertiary/aromatic N) is 4. The number of hydrogen-bond acceptors (Lipinski definition) is 5. The van der Waals surface area contributed by atoms with Crippen molar-refractivity contribution in [3.8, 4) is 0 Å². The molecule has 1 aliphatic rings. The maximum Gasteiger partial charge on any atom is 0.187 e. The highest BCUT2D eigenvalue weighted by Gasteiger charge is 2.19. The molecule has 0 amide bonds. The number of hydrogen-bond donors (Lipinski definition) is 1. The Hall–Kier alpha value is -1.92. The van der Waals surface area contributed by atoms with Crippen molar-refractivity contribution >= 4 is 22.7 Å². The topological polar surface area (TPSA) is 57.7 Å². The number of rotatable bonds is 3. The van der Waals surface area contributed by atoms with Gasteiger partial charge in [0.15, 0.2) is 5.16 Å². The zero-order chi connectivity index (χ0) is 14.9. The van der Waals surface area contributed by atoms with Crippen molar-refractivity contribution in [2.45, 2.75) is 24.7 Å². The fourth-order valence-electron chi connectivity index (χ4n) is 2.95. The van der Waals surface area contributed by atoms with Gasteiger partial charge in [-0.15, -0.1) is 0 Å². The van der Waals surface area contributed by atoms with E-state index in [1.807, 2.05) is 24.6 Å². The molecule has 6 heteroatoms. The van der Waals surface area contributed by atoms with Crippen molar-refractivity contribution in [2.24, 2.45) is 0 Å². The molecule has 22 heavy (non-hydrogen) atoms. The lowest BCUT2D eigenvalue weighted by molar-refractivity contribution is 0.240. The van der Waals surface area contributed by atoms with E-state index in [9.17, 15) is 0 Å². The van der Waals surface area contributed by atoms with Crippen LogP contribution >= 0.6 is 11.8 Å². The molecule has 0 bridgehead atoms. The molecule has 4 rings (SSSR count). The smallest absolute Gasteiger partial charge is 0.187 e. The molecule has 0 saturated heterocycles. The molecule has 3 aromatic rings. The molecule has 0 atom stereocenters. The Morgan fingerprint density at radius 2 is 2.23 bits per heavy atom. The molecule has 1 N–H and O–H groups in total. The number of H-pyrrole nitrogens is 1. The van der Waals surface area contributed by atoms with Gasteiger partial charge in [-0.05, 0) is 12.3 Å². The third kappa shape index (κ3) is 2.48. The number of thioether (sulfide) groups is 1. The summed E-state index contributed by atoms with van der Waals surface area (Å²) in [6, 6.07) is 8.24. The van der Waals surface area contributed by atoms with Crippen LogP contribution in [-0.4, -0.2) is 37.9 Å². The standard InChI is InChI=1S/C16H17N5S/c1-22-16-17-8-11-9-21(7-6-13(11)18-16)10-15-12-4-2-3-5-14(12)19-20-15/h2-5,8H,6-7,9-10H2,1H3,(H,19,20). The molecule has 0 fully saturated rings. The van der Waals surface area contributed by atoms with Gasteiger partial charge >= 0.3 is 0 Å². The number of para-hydroxylation sites is 1. The van der Waals surface area contributed by atoms with E-state index in [1.54, 1.807) is 11.8 Å². The third-order valence-electron chi connectivity index (χ3n) is 4.10. The lowest BCUT2D eigenvalue weighted by atomic mass is 10.1. The normalized spacial score (nSPS) is 15.1. The van der Waals surface area contributed by atoms with Gasteiger partial charge in [0, 0.05) is 43.2 Å². The van der Waals surface area contributed by atoms with E-state index in [1.165, 1.54) is 22.3 Å². The van der Waals surface area contributed by atoms with E-state index in [0.29, 0.717) is 0 Å². The molecule has 3 heterocycles. The Bertz CT molecular complexity index is 813. The van der Waals surface area contributed by atoms with Crippen LogP contribution in [0.4, 0.5) is 0 Å². The summed E-state index contributed by atoms with van der Waals surface area (Å²) in [5, 5.41) is 9.63. The number of fused-ring (bicyclic) bond motifs is 2. The molecule has 0 unspecified atom stereocenters. The van der Waals surface area contributed by atoms with Crippen LogP contribution in [0.15, 0.2) is 35.6 Å². The second-order valence-electron chi connectivity index (χ2n) is 5.51. The quantitative estimate of drug-likeness (QED) is 0.595. The zero-order valence-electron chi connectivity index (χ0n) is 12.4. The first-order valence-electron chi connectivity index (χ1n) is 7.36. The second-order valence-corrected chi connectivity index (χ2v) is 6.28. The van der Waals surface area contributed by atoms with Crippen molar-refractivity contribution in [3.05, 3.63) is 47.4 Å². The maximum atomic E-state index is 4.62. The maximum absolute atomic E-state index is 4.62. The molecule has 0 aliphatic carbocycles. The van der Waals surface area contributed by atoms with Crippen molar-refractivity contribution in [1.29, 1.82) is 0 Å². The number of benzene rings is 1. The Balaban J connectivity index is 1.55. The Morgan fingerprint density at radius 3 is 3.14 bits per heavy atom. The Kier molecular flexibility index (Phi) is 3.56. The first kappa shape index (κ1) is 13.7. The van der Waals surface area contributed by atoms with Crippen LogP contribution in [0, 0.1) is 0 Å². The van der Waals surface area contributed by atoms with Gasteiger partial charge in [-0.1, -0.05) is 30.0 Å². The van der Waals surface area contributed by atoms with E-state index < -0.39 is 0 Å². The summed E-state index contributed by atoms with van der Waals surface area (Å²) >= 11 is 1.60. The lowest BCUT2D eigenvalue weighted by Crippen LogP contribution is -2.31. The second kappa shape index (κ2) is 5.70. The molecule has 0 spiro atoms.